The van der Waals surface area contributed by atoms with Crippen LogP contribution in [-0.2, 0) is 6.42 Å². The average Bonchev–Trinajstić information content (AvgIpc) is 3.10. The average molecular weight is 444 g/mol. The summed E-state index contributed by atoms with van der Waals surface area (Å²) in [6.45, 7) is 11.8. The Bertz CT molecular complexity index is 1110. The lowest BCUT2D eigenvalue weighted by Gasteiger charge is -2.17. The second kappa shape index (κ2) is 8.79. The van der Waals surface area contributed by atoms with Crippen molar-refractivity contribution in [2.24, 2.45) is 4.99 Å². The number of halogens is 2. The van der Waals surface area contributed by atoms with Gasteiger partial charge < -0.3 is 4.48 Å². The molecular formula is C23H27BF2N2S2. The molecule has 0 spiro atoms. The molecule has 3 rings (SSSR count). The van der Waals surface area contributed by atoms with Crippen LogP contribution in [0.3, 0.4) is 0 Å². The van der Waals surface area contributed by atoms with Gasteiger partial charge in [0.1, 0.15) is 0 Å². The van der Waals surface area contributed by atoms with Crippen LogP contribution in [0.1, 0.15) is 62.2 Å². The molecule has 1 aromatic heterocycles. The van der Waals surface area contributed by atoms with Crippen molar-refractivity contribution in [3.8, 4) is 0 Å². The number of hydrogen-bond donors (Lipinski definition) is 2. The highest BCUT2D eigenvalue weighted by atomic mass is 32.1. The molecule has 1 aromatic carbocycles. The van der Waals surface area contributed by atoms with E-state index in [9.17, 15) is 8.63 Å². The molecule has 0 atom stereocenters. The number of thiol groups is 2. The monoisotopic (exact) mass is 444 g/mol. The number of nitrogens with zero attached hydrogens (tertiary/aromatic N) is 2. The topological polar surface area (TPSA) is 17.3 Å². The van der Waals surface area contributed by atoms with Crippen molar-refractivity contribution in [1.82, 2.24) is 4.48 Å². The molecule has 0 bridgehead atoms. The SMILES string of the molecule is CCC1=C(C)/C(=C(\c2ccc(S)c(S)c2)c2c(C)c(CC)c(C)n2B(F)F)N=C1C. The van der Waals surface area contributed by atoms with E-state index in [1.54, 1.807) is 6.92 Å². The Labute approximate surface area is 189 Å². The quantitative estimate of drug-likeness (QED) is 0.366. The van der Waals surface area contributed by atoms with Gasteiger partial charge in [0.15, 0.2) is 0 Å². The second-order valence-corrected chi connectivity index (χ2v) is 8.58. The first-order valence-electron chi connectivity index (χ1n) is 10.1. The highest BCUT2D eigenvalue weighted by molar-refractivity contribution is 7.83. The molecule has 0 amide bonds. The number of aliphatic imine (C=N–C) groups is 1. The van der Waals surface area contributed by atoms with E-state index >= 15 is 0 Å². The maximum atomic E-state index is 14.3. The van der Waals surface area contributed by atoms with E-state index in [-0.39, 0.29) is 0 Å². The molecule has 30 heavy (non-hydrogen) atoms. The molecule has 0 unspecified atom stereocenters. The molecule has 158 valence electrons. The van der Waals surface area contributed by atoms with E-state index in [4.69, 9.17) is 4.99 Å². The fourth-order valence-electron chi connectivity index (χ4n) is 4.54. The first-order valence-corrected chi connectivity index (χ1v) is 11.0. The van der Waals surface area contributed by atoms with Crippen LogP contribution < -0.4 is 0 Å². The van der Waals surface area contributed by atoms with Crippen LogP contribution in [0.2, 0.25) is 0 Å². The van der Waals surface area contributed by atoms with Gasteiger partial charge in [-0.15, -0.1) is 25.3 Å². The number of benzene rings is 1. The van der Waals surface area contributed by atoms with Crippen LogP contribution in [-0.4, -0.2) is 17.6 Å². The number of allylic oxidation sites excluding steroid dienone is 2. The summed E-state index contributed by atoms with van der Waals surface area (Å²) < 4.78 is 29.8. The minimum atomic E-state index is -2.64. The maximum absolute atomic E-state index is 14.3. The minimum Gasteiger partial charge on any atom is -0.329 e. The zero-order valence-electron chi connectivity index (χ0n) is 18.3. The molecule has 0 N–H and O–H groups in total. The van der Waals surface area contributed by atoms with Crippen LogP contribution in [0.5, 0.6) is 0 Å². The highest BCUT2D eigenvalue weighted by Gasteiger charge is 2.32. The third-order valence-electron chi connectivity index (χ3n) is 6.01. The Kier molecular flexibility index (Phi) is 6.73. The van der Waals surface area contributed by atoms with Gasteiger partial charge >= 0.3 is 7.40 Å². The number of aromatic nitrogens is 1. The first kappa shape index (κ1) is 22.9. The molecule has 2 aromatic rings. The third kappa shape index (κ3) is 3.71. The van der Waals surface area contributed by atoms with Crippen LogP contribution in [0, 0.1) is 13.8 Å². The molecule has 1 aliphatic rings. The Morgan fingerprint density at radius 3 is 2.20 bits per heavy atom. The lowest BCUT2D eigenvalue weighted by molar-refractivity contribution is 0.623. The van der Waals surface area contributed by atoms with Crippen LogP contribution in [0.4, 0.5) is 8.63 Å². The molecule has 7 heteroatoms. The predicted molar refractivity (Wildman–Crippen MR) is 130 cm³/mol. The number of rotatable bonds is 5. The summed E-state index contributed by atoms with van der Waals surface area (Å²) in [5, 5.41) is 0. The van der Waals surface area contributed by atoms with Gasteiger partial charge in [-0.05, 0) is 80.5 Å². The second-order valence-electron chi connectivity index (χ2n) is 7.62. The van der Waals surface area contributed by atoms with Crippen molar-refractivity contribution in [2.75, 3.05) is 0 Å². The van der Waals surface area contributed by atoms with Crippen molar-refractivity contribution >= 4 is 43.9 Å². The zero-order chi connectivity index (χ0) is 22.3. The van der Waals surface area contributed by atoms with E-state index in [1.165, 1.54) is 5.57 Å². The number of hydrogen-bond acceptors (Lipinski definition) is 3. The Hall–Kier alpha value is -1.73. The molecule has 0 fully saturated rings. The van der Waals surface area contributed by atoms with Crippen LogP contribution in [0.15, 0.2) is 49.8 Å². The van der Waals surface area contributed by atoms with E-state index in [0.29, 0.717) is 22.7 Å². The summed E-state index contributed by atoms with van der Waals surface area (Å²) in [5.74, 6) is 0. The lowest BCUT2D eigenvalue weighted by Crippen LogP contribution is -2.18. The lowest BCUT2D eigenvalue weighted by atomic mass is 9.92. The molecule has 1 aliphatic heterocycles. The van der Waals surface area contributed by atoms with Gasteiger partial charge in [0.25, 0.3) is 0 Å². The normalized spacial score (nSPS) is 15.7. The molecule has 0 saturated heterocycles. The van der Waals surface area contributed by atoms with Gasteiger partial charge in [0.2, 0.25) is 0 Å². The van der Waals surface area contributed by atoms with Gasteiger partial charge in [-0.3, -0.25) is 13.6 Å². The van der Waals surface area contributed by atoms with Crippen molar-refractivity contribution in [3.63, 3.8) is 0 Å². The Morgan fingerprint density at radius 2 is 1.70 bits per heavy atom. The van der Waals surface area contributed by atoms with E-state index < -0.39 is 7.40 Å². The van der Waals surface area contributed by atoms with Crippen LogP contribution in [0.25, 0.3) is 5.57 Å². The van der Waals surface area contributed by atoms with E-state index in [0.717, 1.165) is 55.0 Å². The van der Waals surface area contributed by atoms with E-state index in [1.807, 2.05) is 45.9 Å². The fourth-order valence-corrected chi connectivity index (χ4v) is 4.90. The maximum Gasteiger partial charge on any atom is 0.677 e. The standard InChI is InChI=1S/C23H27BF2N2S2/c1-7-17-12(3)22(27-14(17)5)21(16-9-10-19(29)20(30)11-16)23-13(4)18(8-2)15(6)28(23)24(25)26/h9-11,29-30H,7-8H2,1-6H3/b22-21-. The minimum absolute atomic E-state index is 0.530. The van der Waals surface area contributed by atoms with Gasteiger partial charge in [-0.2, -0.15) is 0 Å². The molecule has 0 saturated carbocycles. The molecule has 0 aliphatic carbocycles. The summed E-state index contributed by atoms with van der Waals surface area (Å²) >= 11 is 8.95. The fraction of sp³-hybridized carbons (Fsp3) is 0.348. The Morgan fingerprint density at radius 1 is 1.03 bits per heavy atom. The summed E-state index contributed by atoms with van der Waals surface area (Å²) in [4.78, 5) is 6.29. The first-order chi connectivity index (χ1) is 14.1. The summed E-state index contributed by atoms with van der Waals surface area (Å²) in [6.07, 6.45) is 1.54. The van der Waals surface area contributed by atoms with Gasteiger partial charge in [0.05, 0.1) is 5.70 Å². The van der Waals surface area contributed by atoms with Gasteiger partial charge in [-0.25, -0.2) is 0 Å². The largest absolute Gasteiger partial charge is 0.677 e. The van der Waals surface area contributed by atoms with Crippen LogP contribution >= 0.6 is 25.3 Å². The third-order valence-corrected chi connectivity index (χ3v) is 6.95. The Balaban J connectivity index is 2.50. The molecule has 0 radical (unpaired) electrons. The van der Waals surface area contributed by atoms with Crippen molar-refractivity contribution < 1.29 is 8.63 Å². The molecule has 2 nitrogen and oxygen atoms in total. The predicted octanol–water partition coefficient (Wildman–Crippen LogP) is 6.98. The summed E-state index contributed by atoms with van der Waals surface area (Å²) in [5.41, 5.74) is 8.40. The van der Waals surface area contributed by atoms with Crippen molar-refractivity contribution in [3.05, 3.63) is 63.1 Å². The zero-order valence-corrected chi connectivity index (χ0v) is 20.1. The smallest absolute Gasteiger partial charge is 0.329 e. The van der Waals surface area contributed by atoms with Crippen molar-refractivity contribution in [1.29, 1.82) is 0 Å². The summed E-state index contributed by atoms with van der Waals surface area (Å²) in [7, 11) is -2.64. The van der Waals surface area contributed by atoms with E-state index in [2.05, 4.69) is 32.2 Å². The highest BCUT2D eigenvalue weighted by Crippen LogP contribution is 2.41. The van der Waals surface area contributed by atoms with Gasteiger partial charge in [-0.1, -0.05) is 19.9 Å². The van der Waals surface area contributed by atoms with Gasteiger partial charge in [0, 0.05) is 32.5 Å². The molecule has 2 heterocycles. The van der Waals surface area contributed by atoms with Crippen molar-refractivity contribution in [2.45, 2.75) is 64.2 Å². The summed E-state index contributed by atoms with van der Waals surface area (Å²) in [6, 6.07) is 5.65. The molecular weight excluding hydrogens is 417 g/mol.